The molecule has 0 radical (unpaired) electrons. The summed E-state index contributed by atoms with van der Waals surface area (Å²) in [5.41, 5.74) is 1.14. The molecule has 0 N–H and O–H groups in total. The molecule has 0 amide bonds. The highest BCUT2D eigenvalue weighted by Crippen LogP contribution is 2.29. The zero-order valence-electron chi connectivity index (χ0n) is 11.5. The lowest BCUT2D eigenvalue weighted by Gasteiger charge is -2.15. The molecule has 4 nitrogen and oxygen atoms in total. The molecule has 2 unspecified atom stereocenters. The largest absolute Gasteiger partial charge is 0.493 e. The number of benzene rings is 1. The van der Waals surface area contributed by atoms with Crippen molar-refractivity contribution < 1.29 is 18.9 Å². The van der Waals surface area contributed by atoms with E-state index < -0.39 is 0 Å². The molecule has 0 bridgehead atoms. The second-order valence-corrected chi connectivity index (χ2v) is 5.11. The monoisotopic (exact) mass is 342 g/mol. The molecule has 1 heterocycles. The highest BCUT2D eigenvalue weighted by atomic mass is 79.9. The minimum Gasteiger partial charge on any atom is -0.493 e. The predicted molar refractivity (Wildman–Crippen MR) is 80.8 cm³/mol. The molecule has 1 aromatic rings. The van der Waals surface area contributed by atoms with Gasteiger partial charge in [-0.1, -0.05) is 28.1 Å². The Bertz CT molecular complexity index is 449. The standard InChI is InChI=1S/C15H19BrO4/c1-3-4-11-5-6-13(14(7-11)17-2)18-10-15-19-9-12(8-16)20-15/h3,5-7,12,15H,1,4,8-10H2,2H3. The van der Waals surface area contributed by atoms with Crippen LogP contribution in [0.2, 0.25) is 0 Å². The first kappa shape index (κ1) is 15.4. The third-order valence-electron chi connectivity index (χ3n) is 2.97. The van der Waals surface area contributed by atoms with Gasteiger partial charge in [-0.15, -0.1) is 6.58 Å². The molecule has 5 heteroatoms. The molecular weight excluding hydrogens is 324 g/mol. The van der Waals surface area contributed by atoms with Gasteiger partial charge in [0, 0.05) is 5.33 Å². The first-order chi connectivity index (χ1) is 9.76. The molecule has 1 aliphatic heterocycles. The van der Waals surface area contributed by atoms with Crippen LogP contribution in [-0.4, -0.2) is 38.0 Å². The van der Waals surface area contributed by atoms with Crippen LogP contribution in [0.1, 0.15) is 5.56 Å². The Hall–Kier alpha value is -1.04. The summed E-state index contributed by atoms with van der Waals surface area (Å²) in [6.07, 6.45) is 2.43. The number of allylic oxidation sites excluding steroid dienone is 1. The smallest absolute Gasteiger partial charge is 0.192 e. The number of hydrogen-bond donors (Lipinski definition) is 0. The average molecular weight is 343 g/mol. The quantitative estimate of drug-likeness (QED) is 0.564. The lowest BCUT2D eigenvalue weighted by molar-refractivity contribution is -0.0788. The number of hydrogen-bond acceptors (Lipinski definition) is 4. The fourth-order valence-corrected chi connectivity index (χ4v) is 2.30. The summed E-state index contributed by atoms with van der Waals surface area (Å²) < 4.78 is 22.2. The van der Waals surface area contributed by atoms with Crippen molar-refractivity contribution in [2.24, 2.45) is 0 Å². The molecule has 20 heavy (non-hydrogen) atoms. The minimum absolute atomic E-state index is 0.0977. The van der Waals surface area contributed by atoms with Crippen molar-refractivity contribution in [3.05, 3.63) is 36.4 Å². The summed E-state index contributed by atoms with van der Waals surface area (Å²) in [7, 11) is 1.63. The predicted octanol–water partition coefficient (Wildman–Crippen LogP) is 2.94. The van der Waals surface area contributed by atoms with Crippen LogP contribution in [-0.2, 0) is 15.9 Å². The Morgan fingerprint density at radius 3 is 2.95 bits per heavy atom. The number of ether oxygens (including phenoxy) is 4. The lowest BCUT2D eigenvalue weighted by atomic mass is 10.1. The molecule has 2 rings (SSSR count). The van der Waals surface area contributed by atoms with E-state index in [4.69, 9.17) is 18.9 Å². The summed E-state index contributed by atoms with van der Waals surface area (Å²) in [5, 5.41) is 0.767. The first-order valence-electron chi connectivity index (χ1n) is 6.50. The second-order valence-electron chi connectivity index (χ2n) is 4.46. The van der Waals surface area contributed by atoms with Crippen molar-refractivity contribution in [1.29, 1.82) is 0 Å². The Kier molecular flexibility index (Phi) is 5.88. The van der Waals surface area contributed by atoms with E-state index in [1.165, 1.54) is 0 Å². The van der Waals surface area contributed by atoms with Gasteiger partial charge in [-0.2, -0.15) is 0 Å². The number of alkyl halides is 1. The highest BCUT2D eigenvalue weighted by molar-refractivity contribution is 9.09. The molecule has 0 spiro atoms. The summed E-state index contributed by atoms with van der Waals surface area (Å²) in [4.78, 5) is 0. The molecule has 110 valence electrons. The third-order valence-corrected chi connectivity index (χ3v) is 3.69. The van der Waals surface area contributed by atoms with Gasteiger partial charge in [0.2, 0.25) is 0 Å². The minimum atomic E-state index is -0.324. The fourth-order valence-electron chi connectivity index (χ4n) is 1.96. The van der Waals surface area contributed by atoms with E-state index in [-0.39, 0.29) is 12.4 Å². The Morgan fingerprint density at radius 2 is 2.30 bits per heavy atom. The van der Waals surface area contributed by atoms with Crippen molar-refractivity contribution in [1.82, 2.24) is 0 Å². The van der Waals surface area contributed by atoms with Gasteiger partial charge in [-0.05, 0) is 24.1 Å². The van der Waals surface area contributed by atoms with E-state index >= 15 is 0 Å². The van der Waals surface area contributed by atoms with E-state index in [0.29, 0.717) is 24.7 Å². The normalized spacial score (nSPS) is 21.7. The van der Waals surface area contributed by atoms with Crippen molar-refractivity contribution >= 4 is 15.9 Å². The molecule has 1 aliphatic rings. The molecule has 0 aromatic heterocycles. The Balaban J connectivity index is 1.93. The lowest BCUT2D eigenvalue weighted by Crippen LogP contribution is -2.20. The van der Waals surface area contributed by atoms with Gasteiger partial charge < -0.3 is 18.9 Å². The molecule has 1 saturated heterocycles. The van der Waals surface area contributed by atoms with Gasteiger partial charge in [0.15, 0.2) is 17.8 Å². The van der Waals surface area contributed by atoms with Crippen LogP contribution in [0.5, 0.6) is 11.5 Å². The summed E-state index contributed by atoms with van der Waals surface area (Å²) >= 11 is 3.37. The molecule has 0 saturated carbocycles. The van der Waals surface area contributed by atoms with Gasteiger partial charge in [0.1, 0.15) is 6.61 Å². The van der Waals surface area contributed by atoms with Crippen molar-refractivity contribution in [2.75, 3.05) is 25.7 Å². The summed E-state index contributed by atoms with van der Waals surface area (Å²) in [6, 6.07) is 5.85. The van der Waals surface area contributed by atoms with E-state index in [9.17, 15) is 0 Å². The highest BCUT2D eigenvalue weighted by Gasteiger charge is 2.25. The van der Waals surface area contributed by atoms with Crippen molar-refractivity contribution in [3.63, 3.8) is 0 Å². The first-order valence-corrected chi connectivity index (χ1v) is 7.62. The fraction of sp³-hybridized carbons (Fsp3) is 0.467. The number of halogens is 1. The SMILES string of the molecule is C=CCc1ccc(OCC2OCC(CBr)O2)c(OC)c1. The van der Waals surface area contributed by atoms with Crippen LogP contribution in [0.3, 0.4) is 0 Å². The third kappa shape index (κ3) is 3.98. The van der Waals surface area contributed by atoms with Crippen LogP contribution in [0.15, 0.2) is 30.9 Å². The zero-order chi connectivity index (χ0) is 14.4. The molecular formula is C15H19BrO4. The van der Waals surface area contributed by atoms with E-state index in [2.05, 4.69) is 22.5 Å². The maximum atomic E-state index is 5.72. The molecule has 1 aromatic carbocycles. The van der Waals surface area contributed by atoms with Crippen LogP contribution >= 0.6 is 15.9 Å². The van der Waals surface area contributed by atoms with Gasteiger partial charge in [0.25, 0.3) is 0 Å². The second kappa shape index (κ2) is 7.67. The van der Waals surface area contributed by atoms with Gasteiger partial charge in [-0.25, -0.2) is 0 Å². The summed E-state index contributed by atoms with van der Waals surface area (Å²) in [6.45, 7) is 4.67. The Morgan fingerprint density at radius 1 is 1.45 bits per heavy atom. The number of rotatable bonds is 7. The maximum Gasteiger partial charge on any atom is 0.192 e. The van der Waals surface area contributed by atoms with E-state index in [0.717, 1.165) is 17.3 Å². The van der Waals surface area contributed by atoms with Gasteiger partial charge in [-0.3, -0.25) is 0 Å². The van der Waals surface area contributed by atoms with Crippen molar-refractivity contribution in [3.8, 4) is 11.5 Å². The molecule has 0 aliphatic carbocycles. The number of methoxy groups -OCH3 is 1. The Labute approximate surface area is 127 Å². The van der Waals surface area contributed by atoms with E-state index in [1.54, 1.807) is 7.11 Å². The van der Waals surface area contributed by atoms with Crippen LogP contribution in [0.4, 0.5) is 0 Å². The average Bonchev–Trinajstić information content (AvgIpc) is 2.94. The zero-order valence-corrected chi connectivity index (χ0v) is 13.1. The van der Waals surface area contributed by atoms with Crippen LogP contribution in [0, 0.1) is 0 Å². The van der Waals surface area contributed by atoms with Crippen LogP contribution in [0.25, 0.3) is 0 Å². The topological polar surface area (TPSA) is 36.9 Å². The van der Waals surface area contributed by atoms with E-state index in [1.807, 2.05) is 24.3 Å². The summed E-state index contributed by atoms with van der Waals surface area (Å²) in [5.74, 6) is 1.40. The van der Waals surface area contributed by atoms with Crippen LogP contribution < -0.4 is 9.47 Å². The van der Waals surface area contributed by atoms with Gasteiger partial charge in [0.05, 0.1) is 19.8 Å². The van der Waals surface area contributed by atoms with Crippen molar-refractivity contribution in [2.45, 2.75) is 18.8 Å². The molecule has 2 atom stereocenters. The molecule has 1 fully saturated rings. The maximum absolute atomic E-state index is 5.72. The van der Waals surface area contributed by atoms with Gasteiger partial charge >= 0.3 is 0 Å².